The summed E-state index contributed by atoms with van der Waals surface area (Å²) >= 11 is 0. The van der Waals surface area contributed by atoms with E-state index in [0.29, 0.717) is 11.5 Å². The third-order valence-electron chi connectivity index (χ3n) is 6.31. The fraction of sp³-hybridized carbons (Fsp3) is 0.269. The lowest BCUT2D eigenvalue weighted by molar-refractivity contribution is -0.119. The van der Waals surface area contributed by atoms with Crippen molar-refractivity contribution in [2.24, 2.45) is 5.92 Å². The molecule has 0 unspecified atom stereocenters. The fourth-order valence-electron chi connectivity index (χ4n) is 4.49. The van der Waals surface area contributed by atoms with Crippen LogP contribution in [-0.4, -0.2) is 29.8 Å². The second-order valence-electron chi connectivity index (χ2n) is 8.64. The molecule has 1 aliphatic carbocycles. The van der Waals surface area contributed by atoms with Crippen LogP contribution < -0.4 is 14.8 Å². The number of carbonyl (C=O) groups is 2. The summed E-state index contributed by atoms with van der Waals surface area (Å²) in [7, 11) is 1.53. The molecular weight excluding hydrogens is 442 g/mol. The van der Waals surface area contributed by atoms with E-state index < -0.39 is 11.6 Å². The van der Waals surface area contributed by atoms with Crippen LogP contribution in [0.2, 0.25) is 0 Å². The molecule has 2 heterocycles. The second-order valence-corrected chi connectivity index (χ2v) is 8.64. The lowest BCUT2D eigenvalue weighted by Crippen LogP contribution is -2.18. The topological polar surface area (TPSA) is 77.5 Å². The van der Waals surface area contributed by atoms with E-state index in [1.807, 2.05) is 12.1 Å². The first-order valence-corrected chi connectivity index (χ1v) is 11.0. The summed E-state index contributed by atoms with van der Waals surface area (Å²) in [6.45, 7) is 1.48. The van der Waals surface area contributed by atoms with Gasteiger partial charge in [0.15, 0.2) is 0 Å². The number of nitrogens with zero attached hydrogens (tertiary/aromatic N) is 1. The van der Waals surface area contributed by atoms with Gasteiger partial charge in [0.1, 0.15) is 46.5 Å². The van der Waals surface area contributed by atoms with Crippen molar-refractivity contribution < 1.29 is 27.8 Å². The average molecular weight is 464 g/mol. The normalized spacial score (nSPS) is 19.6. The number of ether oxygens (including phenoxy) is 2. The van der Waals surface area contributed by atoms with Crippen molar-refractivity contribution in [3.05, 3.63) is 82.7 Å². The summed E-state index contributed by atoms with van der Waals surface area (Å²) in [5.74, 6) is 0.294. The monoisotopic (exact) mass is 464 g/mol. The Balaban J connectivity index is 1.25. The number of benzene rings is 2. The van der Waals surface area contributed by atoms with Crippen LogP contribution in [0.15, 0.2) is 48.7 Å². The Kier molecular flexibility index (Phi) is 5.51. The van der Waals surface area contributed by atoms with Crippen LogP contribution in [0.5, 0.6) is 17.2 Å². The van der Waals surface area contributed by atoms with Gasteiger partial charge in [-0.1, -0.05) is 0 Å². The third-order valence-corrected chi connectivity index (χ3v) is 6.31. The maximum atomic E-state index is 14.1. The Bertz CT molecular complexity index is 1310. The minimum absolute atomic E-state index is 0.00520. The van der Waals surface area contributed by atoms with Crippen LogP contribution in [0, 0.1) is 24.5 Å². The number of carbonyl (C=O) groups excluding carboxylic acids is 2. The lowest BCUT2D eigenvalue weighted by atomic mass is 10.0. The van der Waals surface area contributed by atoms with Crippen LogP contribution in [0.4, 0.5) is 8.78 Å². The number of fused-ring (bicyclic) bond motifs is 3. The summed E-state index contributed by atoms with van der Waals surface area (Å²) in [6, 6.07) is 10.9. The van der Waals surface area contributed by atoms with E-state index in [1.54, 1.807) is 18.2 Å². The summed E-state index contributed by atoms with van der Waals surface area (Å²) in [5.41, 5.74) is 1.48. The van der Waals surface area contributed by atoms with Gasteiger partial charge in [-0.3, -0.25) is 14.6 Å². The SMILES string of the molecule is CNC(=O)c1cc(Oc2ccc3c(c2)[C@H]2[C@H](CC(=O)Cc4cc(F)c(C)cc4F)[C@H]2O3)ccn1. The van der Waals surface area contributed by atoms with Gasteiger partial charge in [0.05, 0.1) is 0 Å². The molecule has 3 atom stereocenters. The summed E-state index contributed by atoms with van der Waals surface area (Å²) in [4.78, 5) is 28.4. The molecule has 1 N–H and O–H groups in total. The van der Waals surface area contributed by atoms with Crippen LogP contribution in [-0.2, 0) is 11.2 Å². The molecule has 6 nitrogen and oxygen atoms in total. The van der Waals surface area contributed by atoms with Gasteiger partial charge in [0, 0.05) is 49.6 Å². The predicted molar refractivity (Wildman–Crippen MR) is 119 cm³/mol. The Morgan fingerprint density at radius 2 is 1.88 bits per heavy atom. The van der Waals surface area contributed by atoms with E-state index in [4.69, 9.17) is 9.47 Å². The largest absolute Gasteiger partial charge is 0.489 e. The van der Waals surface area contributed by atoms with Gasteiger partial charge in [-0.25, -0.2) is 8.78 Å². The zero-order valence-electron chi connectivity index (χ0n) is 18.6. The Hall–Kier alpha value is -3.81. The quantitative estimate of drug-likeness (QED) is 0.557. The summed E-state index contributed by atoms with van der Waals surface area (Å²) in [6.07, 6.45) is 1.48. The molecule has 8 heteroatoms. The molecule has 1 fully saturated rings. The van der Waals surface area contributed by atoms with E-state index in [1.165, 1.54) is 20.2 Å². The van der Waals surface area contributed by atoms with Crippen molar-refractivity contribution in [3.8, 4) is 17.2 Å². The van der Waals surface area contributed by atoms with Crippen LogP contribution >= 0.6 is 0 Å². The number of aromatic nitrogens is 1. The highest BCUT2D eigenvalue weighted by molar-refractivity contribution is 5.92. The first-order valence-electron chi connectivity index (χ1n) is 11.0. The highest BCUT2D eigenvalue weighted by atomic mass is 19.1. The molecule has 2 aromatic carbocycles. The molecule has 0 spiro atoms. The molecule has 5 rings (SSSR count). The van der Waals surface area contributed by atoms with Crippen LogP contribution in [0.25, 0.3) is 0 Å². The third kappa shape index (κ3) is 4.11. The van der Waals surface area contributed by atoms with Gasteiger partial charge >= 0.3 is 0 Å². The molecule has 0 radical (unpaired) electrons. The Labute approximate surface area is 194 Å². The molecular formula is C26H22F2N2O4. The van der Waals surface area contributed by atoms with E-state index in [9.17, 15) is 18.4 Å². The van der Waals surface area contributed by atoms with Crippen molar-refractivity contribution in [2.75, 3.05) is 7.05 Å². The predicted octanol–water partition coefficient (Wildman–Crippen LogP) is 4.50. The van der Waals surface area contributed by atoms with Crippen LogP contribution in [0.3, 0.4) is 0 Å². The number of hydrogen-bond donors (Lipinski definition) is 1. The maximum absolute atomic E-state index is 14.1. The van der Waals surface area contributed by atoms with Crippen molar-refractivity contribution in [2.45, 2.75) is 31.8 Å². The molecule has 2 aliphatic rings. The van der Waals surface area contributed by atoms with E-state index in [2.05, 4.69) is 10.3 Å². The Morgan fingerprint density at radius 3 is 2.68 bits per heavy atom. The van der Waals surface area contributed by atoms with E-state index >= 15 is 0 Å². The van der Waals surface area contributed by atoms with Crippen molar-refractivity contribution in [1.29, 1.82) is 0 Å². The molecule has 174 valence electrons. The van der Waals surface area contributed by atoms with Crippen molar-refractivity contribution >= 4 is 11.7 Å². The minimum Gasteiger partial charge on any atom is -0.489 e. The second kappa shape index (κ2) is 8.52. The van der Waals surface area contributed by atoms with Gasteiger partial charge in [-0.05, 0) is 54.4 Å². The number of amides is 1. The van der Waals surface area contributed by atoms with Crippen LogP contribution in [0.1, 0.15) is 39.5 Å². The number of pyridine rings is 1. The highest BCUT2D eigenvalue weighted by Gasteiger charge is 2.59. The van der Waals surface area contributed by atoms with Gasteiger partial charge in [0.25, 0.3) is 5.91 Å². The van der Waals surface area contributed by atoms with Crippen molar-refractivity contribution in [1.82, 2.24) is 10.3 Å². The van der Waals surface area contributed by atoms with Gasteiger partial charge in [0.2, 0.25) is 0 Å². The number of rotatable bonds is 7. The van der Waals surface area contributed by atoms with Gasteiger partial charge in [-0.2, -0.15) is 0 Å². The summed E-state index contributed by atoms with van der Waals surface area (Å²) in [5, 5.41) is 2.52. The molecule has 0 saturated heterocycles. The first kappa shape index (κ1) is 22.0. The zero-order chi connectivity index (χ0) is 24.0. The van der Waals surface area contributed by atoms with Gasteiger partial charge in [-0.15, -0.1) is 0 Å². The molecule has 1 aliphatic heterocycles. The number of hydrogen-bond acceptors (Lipinski definition) is 5. The maximum Gasteiger partial charge on any atom is 0.269 e. The number of halogens is 2. The highest BCUT2D eigenvalue weighted by Crippen LogP contribution is 2.60. The number of Topliss-reactive ketones (excluding diaryl/α,β-unsaturated/α-hetero) is 1. The molecule has 3 aromatic rings. The van der Waals surface area contributed by atoms with Crippen molar-refractivity contribution in [3.63, 3.8) is 0 Å². The molecule has 0 bridgehead atoms. The Morgan fingerprint density at radius 1 is 1.09 bits per heavy atom. The number of aryl methyl sites for hydroxylation is 1. The number of ketones is 1. The van der Waals surface area contributed by atoms with E-state index in [-0.39, 0.29) is 59.3 Å². The molecule has 1 amide bonds. The molecule has 1 aromatic heterocycles. The van der Waals surface area contributed by atoms with Gasteiger partial charge < -0.3 is 14.8 Å². The first-order chi connectivity index (χ1) is 16.3. The summed E-state index contributed by atoms with van der Waals surface area (Å²) < 4.78 is 39.8. The smallest absolute Gasteiger partial charge is 0.269 e. The molecule has 1 saturated carbocycles. The standard InChI is InChI=1S/C26H22F2N2O4/c1-13-7-21(28)14(9-20(13)27)8-15(31)10-19-24-18-11-16(3-4-23(18)34-25(19)24)33-17-5-6-30-22(12-17)26(32)29-2/h3-7,9,11-12,19,24-25H,8,10H2,1-2H3,(H,29,32)/t19-,24-,25+/m0/s1. The van der Waals surface area contributed by atoms with E-state index in [0.717, 1.165) is 23.4 Å². The lowest BCUT2D eigenvalue weighted by Gasteiger charge is -2.11. The zero-order valence-corrected chi connectivity index (χ0v) is 18.6. The molecule has 34 heavy (non-hydrogen) atoms. The fourth-order valence-corrected chi connectivity index (χ4v) is 4.49. The average Bonchev–Trinajstić information content (AvgIpc) is 3.33. The number of nitrogens with one attached hydrogen (secondary N) is 1. The minimum atomic E-state index is -0.567.